The van der Waals surface area contributed by atoms with Gasteiger partial charge in [-0.05, 0) is 29.0 Å². The number of rotatable bonds is 5. The summed E-state index contributed by atoms with van der Waals surface area (Å²) in [5.74, 6) is 0.476. The van der Waals surface area contributed by atoms with E-state index < -0.39 is 0 Å². The molecule has 0 unspecified atom stereocenters. The SMILES string of the molecule is O=C(CSc1nnc(-c2cccc3ccccc23)o1)Nc1ccncc1. The summed E-state index contributed by atoms with van der Waals surface area (Å²) < 4.78 is 5.73. The van der Waals surface area contributed by atoms with Gasteiger partial charge in [-0.3, -0.25) is 9.78 Å². The minimum Gasteiger partial charge on any atom is -0.411 e. The maximum Gasteiger partial charge on any atom is 0.277 e. The van der Waals surface area contributed by atoms with Gasteiger partial charge in [-0.2, -0.15) is 0 Å². The second-order valence-corrected chi connectivity index (χ2v) is 6.40. The minimum absolute atomic E-state index is 0.147. The normalized spacial score (nSPS) is 10.8. The molecule has 4 aromatic rings. The number of nitrogens with zero attached hydrogens (tertiary/aromatic N) is 3. The first-order valence-electron chi connectivity index (χ1n) is 7.94. The summed E-state index contributed by atoms with van der Waals surface area (Å²) in [7, 11) is 0. The molecule has 0 fully saturated rings. The number of hydrogen-bond acceptors (Lipinski definition) is 6. The number of thioether (sulfide) groups is 1. The zero-order chi connectivity index (χ0) is 17.8. The number of aromatic nitrogens is 3. The molecule has 0 bridgehead atoms. The summed E-state index contributed by atoms with van der Waals surface area (Å²) in [6.45, 7) is 0. The van der Waals surface area contributed by atoms with Gasteiger partial charge in [0.25, 0.3) is 5.22 Å². The van der Waals surface area contributed by atoms with E-state index in [-0.39, 0.29) is 11.7 Å². The number of carbonyl (C=O) groups excluding carboxylic acids is 1. The molecule has 6 nitrogen and oxygen atoms in total. The minimum atomic E-state index is -0.147. The van der Waals surface area contributed by atoms with Crippen LogP contribution in [0, 0.1) is 0 Å². The van der Waals surface area contributed by atoms with Gasteiger partial charge in [0.15, 0.2) is 0 Å². The van der Waals surface area contributed by atoms with Crippen LogP contribution in [0.4, 0.5) is 5.69 Å². The number of benzene rings is 2. The Bertz CT molecular complexity index is 1040. The fraction of sp³-hybridized carbons (Fsp3) is 0.0526. The summed E-state index contributed by atoms with van der Waals surface area (Å²) in [5, 5.41) is 13.5. The van der Waals surface area contributed by atoms with Crippen molar-refractivity contribution in [2.45, 2.75) is 5.22 Å². The van der Waals surface area contributed by atoms with E-state index >= 15 is 0 Å². The smallest absolute Gasteiger partial charge is 0.277 e. The molecular formula is C19H14N4O2S. The Labute approximate surface area is 153 Å². The van der Waals surface area contributed by atoms with Crippen molar-refractivity contribution in [1.29, 1.82) is 0 Å². The highest BCUT2D eigenvalue weighted by atomic mass is 32.2. The summed E-state index contributed by atoms with van der Waals surface area (Å²) >= 11 is 1.20. The number of anilines is 1. The molecule has 0 saturated carbocycles. The van der Waals surface area contributed by atoms with E-state index in [1.165, 1.54) is 11.8 Å². The van der Waals surface area contributed by atoms with Crippen molar-refractivity contribution in [2.24, 2.45) is 0 Å². The third kappa shape index (κ3) is 3.57. The van der Waals surface area contributed by atoms with Crippen molar-refractivity contribution in [3.63, 3.8) is 0 Å². The maximum atomic E-state index is 12.0. The molecule has 2 aromatic heterocycles. The Morgan fingerprint density at radius 1 is 1.00 bits per heavy atom. The Hall–Kier alpha value is -3.19. The van der Waals surface area contributed by atoms with E-state index in [1.54, 1.807) is 24.5 Å². The summed E-state index contributed by atoms with van der Waals surface area (Å²) in [4.78, 5) is 15.9. The van der Waals surface area contributed by atoms with Gasteiger partial charge in [0.2, 0.25) is 11.8 Å². The van der Waals surface area contributed by atoms with Gasteiger partial charge < -0.3 is 9.73 Å². The molecule has 4 rings (SSSR count). The third-order valence-electron chi connectivity index (χ3n) is 3.72. The number of amides is 1. The number of pyridine rings is 1. The van der Waals surface area contributed by atoms with Crippen molar-refractivity contribution in [3.8, 4) is 11.5 Å². The molecule has 0 atom stereocenters. The lowest BCUT2D eigenvalue weighted by Gasteiger charge is -2.03. The lowest BCUT2D eigenvalue weighted by molar-refractivity contribution is -0.113. The van der Waals surface area contributed by atoms with Crippen LogP contribution in [0.5, 0.6) is 0 Å². The third-order valence-corrected chi connectivity index (χ3v) is 4.54. The van der Waals surface area contributed by atoms with Gasteiger partial charge in [0.05, 0.1) is 5.75 Å². The van der Waals surface area contributed by atoms with Crippen LogP contribution in [0.25, 0.3) is 22.2 Å². The first-order valence-corrected chi connectivity index (χ1v) is 8.92. The summed E-state index contributed by atoms with van der Waals surface area (Å²) in [6.07, 6.45) is 3.24. The standard InChI is InChI=1S/C19H14N4O2S/c24-17(21-14-8-10-20-11-9-14)12-26-19-23-22-18(25-19)16-7-3-5-13-4-1-2-6-15(13)16/h1-11H,12H2,(H,20,21,24). The van der Waals surface area contributed by atoms with Crippen LogP contribution < -0.4 is 5.32 Å². The van der Waals surface area contributed by atoms with Gasteiger partial charge in [-0.15, -0.1) is 10.2 Å². The molecule has 26 heavy (non-hydrogen) atoms. The molecular weight excluding hydrogens is 348 g/mol. The van der Waals surface area contributed by atoms with Crippen LogP contribution >= 0.6 is 11.8 Å². The Morgan fingerprint density at radius 3 is 2.69 bits per heavy atom. The van der Waals surface area contributed by atoms with Crippen LogP contribution in [-0.2, 0) is 4.79 Å². The van der Waals surface area contributed by atoms with Crippen LogP contribution in [0.15, 0.2) is 76.6 Å². The molecule has 2 aromatic carbocycles. The van der Waals surface area contributed by atoms with Gasteiger partial charge in [-0.1, -0.05) is 48.2 Å². The van der Waals surface area contributed by atoms with E-state index in [4.69, 9.17) is 4.42 Å². The van der Waals surface area contributed by atoms with Crippen LogP contribution in [0.3, 0.4) is 0 Å². The number of carbonyl (C=O) groups is 1. The topological polar surface area (TPSA) is 80.9 Å². The van der Waals surface area contributed by atoms with Crippen molar-refractivity contribution in [2.75, 3.05) is 11.1 Å². The lowest BCUT2D eigenvalue weighted by atomic mass is 10.0. The van der Waals surface area contributed by atoms with Crippen LogP contribution in [0.2, 0.25) is 0 Å². The van der Waals surface area contributed by atoms with Gasteiger partial charge in [0, 0.05) is 23.6 Å². The zero-order valence-corrected chi connectivity index (χ0v) is 14.4. The predicted octanol–water partition coefficient (Wildman–Crippen LogP) is 4.02. The first-order chi connectivity index (χ1) is 12.8. The van der Waals surface area contributed by atoms with Crippen molar-refractivity contribution in [3.05, 3.63) is 67.0 Å². The summed E-state index contributed by atoms with van der Waals surface area (Å²) in [6, 6.07) is 17.4. The van der Waals surface area contributed by atoms with Gasteiger partial charge in [-0.25, -0.2) is 0 Å². The number of hydrogen-bond donors (Lipinski definition) is 1. The quantitative estimate of drug-likeness (QED) is 0.540. The molecule has 2 heterocycles. The Balaban J connectivity index is 1.45. The Morgan fingerprint density at radius 2 is 1.81 bits per heavy atom. The largest absolute Gasteiger partial charge is 0.411 e. The fourth-order valence-electron chi connectivity index (χ4n) is 2.55. The van der Waals surface area contributed by atoms with Crippen LogP contribution in [0.1, 0.15) is 0 Å². The molecule has 7 heteroatoms. The zero-order valence-electron chi connectivity index (χ0n) is 13.6. The highest BCUT2D eigenvalue weighted by Gasteiger charge is 2.13. The van der Waals surface area contributed by atoms with E-state index in [0.29, 0.717) is 16.8 Å². The van der Waals surface area contributed by atoms with Crippen molar-refractivity contribution >= 4 is 34.1 Å². The second kappa shape index (κ2) is 7.37. The molecule has 0 saturated heterocycles. The van der Waals surface area contributed by atoms with E-state index in [9.17, 15) is 4.79 Å². The molecule has 0 radical (unpaired) electrons. The monoisotopic (exact) mass is 362 g/mol. The van der Waals surface area contributed by atoms with E-state index in [2.05, 4.69) is 20.5 Å². The highest BCUT2D eigenvalue weighted by molar-refractivity contribution is 7.99. The van der Waals surface area contributed by atoms with E-state index in [1.807, 2.05) is 42.5 Å². The number of nitrogens with one attached hydrogen (secondary N) is 1. The average molecular weight is 362 g/mol. The molecule has 1 N–H and O–H groups in total. The van der Waals surface area contributed by atoms with Crippen molar-refractivity contribution < 1.29 is 9.21 Å². The molecule has 0 spiro atoms. The van der Waals surface area contributed by atoms with Gasteiger partial charge >= 0.3 is 0 Å². The lowest BCUT2D eigenvalue weighted by Crippen LogP contribution is -2.13. The molecule has 1 amide bonds. The highest BCUT2D eigenvalue weighted by Crippen LogP contribution is 2.29. The molecule has 0 aliphatic rings. The average Bonchev–Trinajstić information content (AvgIpc) is 3.16. The van der Waals surface area contributed by atoms with Crippen molar-refractivity contribution in [1.82, 2.24) is 15.2 Å². The molecule has 128 valence electrons. The first kappa shape index (κ1) is 16.3. The second-order valence-electron chi connectivity index (χ2n) is 5.47. The van der Waals surface area contributed by atoms with E-state index in [0.717, 1.165) is 16.3 Å². The van der Waals surface area contributed by atoms with Crippen LogP contribution in [-0.4, -0.2) is 26.8 Å². The van der Waals surface area contributed by atoms with Gasteiger partial charge in [0.1, 0.15) is 0 Å². The maximum absolute atomic E-state index is 12.0. The number of fused-ring (bicyclic) bond motifs is 1. The predicted molar refractivity (Wildman–Crippen MR) is 101 cm³/mol. The molecule has 0 aliphatic carbocycles. The fourth-order valence-corrected chi connectivity index (χ4v) is 3.11. The summed E-state index contributed by atoms with van der Waals surface area (Å²) in [5.41, 5.74) is 1.58. The Kier molecular flexibility index (Phi) is 4.61. The molecule has 0 aliphatic heterocycles.